The van der Waals surface area contributed by atoms with Crippen LogP contribution in [0.5, 0.6) is 0 Å². The minimum atomic E-state index is -0.922. The second-order valence-electron chi connectivity index (χ2n) is 4.69. The Labute approximate surface area is 117 Å². The summed E-state index contributed by atoms with van der Waals surface area (Å²) < 4.78 is 5.00. The normalized spacial score (nSPS) is 16.5. The molecule has 1 aliphatic rings. The van der Waals surface area contributed by atoms with Gasteiger partial charge in [-0.1, -0.05) is 30.3 Å². The Bertz CT molecular complexity index is 458. The van der Waals surface area contributed by atoms with Gasteiger partial charge >= 0.3 is 6.09 Å². The molecule has 0 spiro atoms. The van der Waals surface area contributed by atoms with Crippen molar-refractivity contribution in [3.63, 3.8) is 0 Å². The van der Waals surface area contributed by atoms with Gasteiger partial charge in [-0.05, 0) is 5.56 Å². The van der Waals surface area contributed by atoms with Crippen molar-refractivity contribution in [1.82, 2.24) is 10.2 Å². The number of ether oxygens (including phenoxy) is 1. The fourth-order valence-corrected chi connectivity index (χ4v) is 2.24. The molecule has 1 aromatic carbocycles. The van der Waals surface area contributed by atoms with Crippen LogP contribution in [0.25, 0.3) is 0 Å². The maximum absolute atomic E-state index is 12.4. The number of piperazine rings is 1. The number of amides is 2. The maximum atomic E-state index is 12.4. The first-order valence-corrected chi connectivity index (χ1v) is 6.66. The van der Waals surface area contributed by atoms with E-state index >= 15 is 0 Å². The summed E-state index contributed by atoms with van der Waals surface area (Å²) in [6.45, 7) is 2.74. The van der Waals surface area contributed by atoms with E-state index in [-0.39, 0.29) is 5.91 Å². The molecular weight excluding hydrogens is 258 g/mol. The lowest BCUT2D eigenvalue weighted by molar-refractivity contribution is -0.140. The zero-order valence-corrected chi connectivity index (χ0v) is 11.2. The molecule has 0 radical (unpaired) electrons. The second kappa shape index (κ2) is 6.91. The van der Waals surface area contributed by atoms with Crippen LogP contribution in [0.3, 0.4) is 0 Å². The number of primary amides is 1. The zero-order chi connectivity index (χ0) is 14.4. The lowest BCUT2D eigenvalue weighted by Gasteiger charge is -2.30. The van der Waals surface area contributed by atoms with Crippen LogP contribution in [0.2, 0.25) is 0 Å². The molecule has 108 valence electrons. The fraction of sp³-hybridized carbons (Fsp3) is 0.429. The molecule has 1 saturated heterocycles. The van der Waals surface area contributed by atoms with Crippen LogP contribution in [-0.4, -0.2) is 49.2 Å². The fourth-order valence-electron chi connectivity index (χ4n) is 2.24. The summed E-state index contributed by atoms with van der Waals surface area (Å²) in [4.78, 5) is 25.1. The number of hydrogen-bond donors (Lipinski definition) is 2. The SMILES string of the molecule is NC(=O)OC(Cc1ccccc1)C(=O)N1CCNCC1. The summed E-state index contributed by atoms with van der Waals surface area (Å²) in [5.74, 6) is -0.186. The lowest BCUT2D eigenvalue weighted by Crippen LogP contribution is -2.51. The summed E-state index contributed by atoms with van der Waals surface area (Å²) in [5.41, 5.74) is 6.00. The van der Waals surface area contributed by atoms with Crippen molar-refractivity contribution >= 4 is 12.0 Å². The van der Waals surface area contributed by atoms with Gasteiger partial charge in [0.05, 0.1) is 0 Å². The third kappa shape index (κ3) is 3.96. The smallest absolute Gasteiger partial charge is 0.405 e. The Morgan fingerprint density at radius 2 is 1.90 bits per heavy atom. The van der Waals surface area contributed by atoms with E-state index < -0.39 is 12.2 Å². The molecule has 1 aliphatic heterocycles. The average Bonchev–Trinajstić information content (AvgIpc) is 2.47. The standard InChI is InChI=1S/C14H19N3O3/c15-14(19)20-12(10-11-4-2-1-3-5-11)13(18)17-8-6-16-7-9-17/h1-5,12,16H,6-10H2,(H2,15,19). The Kier molecular flexibility index (Phi) is 4.95. The molecule has 1 fully saturated rings. The predicted molar refractivity (Wildman–Crippen MR) is 74.1 cm³/mol. The molecule has 0 saturated carbocycles. The van der Waals surface area contributed by atoms with Gasteiger partial charge in [-0.15, -0.1) is 0 Å². The number of nitrogens with zero attached hydrogens (tertiary/aromatic N) is 1. The van der Waals surface area contributed by atoms with Crippen LogP contribution < -0.4 is 11.1 Å². The van der Waals surface area contributed by atoms with Crippen LogP contribution in [0, 0.1) is 0 Å². The van der Waals surface area contributed by atoms with Crippen molar-refractivity contribution in [2.24, 2.45) is 5.73 Å². The minimum absolute atomic E-state index is 0.186. The molecule has 1 aromatic rings. The molecule has 1 heterocycles. The van der Waals surface area contributed by atoms with Gasteiger partial charge in [-0.2, -0.15) is 0 Å². The van der Waals surface area contributed by atoms with E-state index in [1.807, 2.05) is 30.3 Å². The van der Waals surface area contributed by atoms with Crippen LogP contribution >= 0.6 is 0 Å². The van der Waals surface area contributed by atoms with Crippen LogP contribution in [-0.2, 0) is 16.0 Å². The van der Waals surface area contributed by atoms with E-state index in [2.05, 4.69) is 5.32 Å². The molecule has 2 amide bonds. The maximum Gasteiger partial charge on any atom is 0.405 e. The van der Waals surface area contributed by atoms with E-state index in [0.29, 0.717) is 19.5 Å². The first-order chi connectivity index (χ1) is 9.66. The molecule has 1 unspecified atom stereocenters. The van der Waals surface area contributed by atoms with Crippen molar-refractivity contribution in [3.8, 4) is 0 Å². The van der Waals surface area contributed by atoms with Crippen molar-refractivity contribution in [2.45, 2.75) is 12.5 Å². The van der Waals surface area contributed by atoms with Gasteiger partial charge in [0.25, 0.3) is 5.91 Å². The van der Waals surface area contributed by atoms with E-state index in [1.165, 1.54) is 0 Å². The largest absolute Gasteiger partial charge is 0.436 e. The molecule has 0 bridgehead atoms. The van der Waals surface area contributed by atoms with Crippen LogP contribution in [0.1, 0.15) is 5.56 Å². The summed E-state index contributed by atoms with van der Waals surface area (Å²) >= 11 is 0. The minimum Gasteiger partial charge on any atom is -0.436 e. The topological polar surface area (TPSA) is 84.7 Å². The monoisotopic (exact) mass is 277 g/mol. The van der Waals surface area contributed by atoms with Crippen LogP contribution in [0.15, 0.2) is 30.3 Å². The van der Waals surface area contributed by atoms with Gasteiger partial charge in [0, 0.05) is 32.6 Å². The molecule has 2 rings (SSSR count). The number of hydrogen-bond acceptors (Lipinski definition) is 4. The van der Waals surface area contributed by atoms with E-state index in [0.717, 1.165) is 18.7 Å². The molecule has 1 atom stereocenters. The summed E-state index contributed by atoms with van der Waals surface area (Å²) in [6.07, 6.45) is -1.44. The van der Waals surface area contributed by atoms with E-state index in [4.69, 9.17) is 10.5 Å². The third-order valence-electron chi connectivity index (χ3n) is 3.23. The number of carbonyl (C=O) groups excluding carboxylic acids is 2. The second-order valence-corrected chi connectivity index (χ2v) is 4.69. The molecule has 0 aromatic heterocycles. The zero-order valence-electron chi connectivity index (χ0n) is 11.2. The Morgan fingerprint density at radius 3 is 2.50 bits per heavy atom. The summed E-state index contributed by atoms with van der Waals surface area (Å²) in [7, 11) is 0. The number of carbonyl (C=O) groups is 2. The number of nitrogens with one attached hydrogen (secondary N) is 1. The highest BCUT2D eigenvalue weighted by Crippen LogP contribution is 2.10. The Balaban J connectivity index is 2.05. The van der Waals surface area contributed by atoms with Gasteiger partial charge in [-0.25, -0.2) is 4.79 Å². The number of benzene rings is 1. The van der Waals surface area contributed by atoms with Crippen LogP contribution in [0.4, 0.5) is 4.79 Å². The highest BCUT2D eigenvalue weighted by Gasteiger charge is 2.28. The highest BCUT2D eigenvalue weighted by molar-refractivity contribution is 5.83. The van der Waals surface area contributed by atoms with Gasteiger partial charge < -0.3 is 20.7 Å². The van der Waals surface area contributed by atoms with Crippen molar-refractivity contribution in [3.05, 3.63) is 35.9 Å². The van der Waals surface area contributed by atoms with Gasteiger partial charge in [0.15, 0.2) is 6.10 Å². The molecule has 20 heavy (non-hydrogen) atoms. The quantitative estimate of drug-likeness (QED) is 0.819. The number of rotatable bonds is 4. The number of nitrogens with two attached hydrogens (primary N) is 1. The van der Waals surface area contributed by atoms with E-state index in [9.17, 15) is 9.59 Å². The Hall–Kier alpha value is -2.08. The van der Waals surface area contributed by atoms with Gasteiger partial charge in [-0.3, -0.25) is 4.79 Å². The third-order valence-corrected chi connectivity index (χ3v) is 3.23. The summed E-state index contributed by atoms with van der Waals surface area (Å²) in [6, 6.07) is 9.44. The highest BCUT2D eigenvalue weighted by atomic mass is 16.6. The molecule has 6 heteroatoms. The molecular formula is C14H19N3O3. The molecule has 0 aliphatic carbocycles. The summed E-state index contributed by atoms with van der Waals surface area (Å²) in [5, 5.41) is 3.17. The van der Waals surface area contributed by atoms with Crippen molar-refractivity contribution in [2.75, 3.05) is 26.2 Å². The average molecular weight is 277 g/mol. The Morgan fingerprint density at radius 1 is 1.25 bits per heavy atom. The van der Waals surface area contributed by atoms with Crippen molar-refractivity contribution in [1.29, 1.82) is 0 Å². The lowest BCUT2D eigenvalue weighted by atomic mass is 10.1. The molecule has 3 N–H and O–H groups in total. The first-order valence-electron chi connectivity index (χ1n) is 6.66. The predicted octanol–water partition coefficient (Wildman–Crippen LogP) is 0.125. The first kappa shape index (κ1) is 14.3. The molecule has 6 nitrogen and oxygen atoms in total. The van der Waals surface area contributed by atoms with Gasteiger partial charge in [0.2, 0.25) is 0 Å². The van der Waals surface area contributed by atoms with E-state index in [1.54, 1.807) is 4.90 Å². The van der Waals surface area contributed by atoms with Crippen molar-refractivity contribution < 1.29 is 14.3 Å². The van der Waals surface area contributed by atoms with Gasteiger partial charge in [0.1, 0.15) is 0 Å².